The van der Waals surface area contributed by atoms with Gasteiger partial charge in [0, 0.05) is 25.3 Å². The molecule has 4 nitrogen and oxygen atoms in total. The molecule has 1 unspecified atom stereocenters. The van der Waals surface area contributed by atoms with Crippen molar-refractivity contribution in [3.63, 3.8) is 0 Å². The summed E-state index contributed by atoms with van der Waals surface area (Å²) in [5, 5.41) is 9.62. The number of amides is 1. The summed E-state index contributed by atoms with van der Waals surface area (Å²) < 4.78 is 1.91. The molecule has 0 fully saturated rings. The number of rotatable bonds is 5. The van der Waals surface area contributed by atoms with E-state index in [0.29, 0.717) is 12.2 Å². The van der Waals surface area contributed by atoms with E-state index in [0.717, 1.165) is 11.3 Å². The van der Waals surface area contributed by atoms with Crippen molar-refractivity contribution in [2.45, 2.75) is 32.9 Å². The molecule has 1 amide bonds. The zero-order valence-corrected chi connectivity index (χ0v) is 13.7. The summed E-state index contributed by atoms with van der Waals surface area (Å²) in [7, 11) is 1.90. The van der Waals surface area contributed by atoms with E-state index in [1.807, 2.05) is 67.9 Å². The topological polar surface area (TPSA) is 45.5 Å². The first kappa shape index (κ1) is 16.3. The van der Waals surface area contributed by atoms with Gasteiger partial charge in [-0.3, -0.25) is 4.79 Å². The third-order valence-corrected chi connectivity index (χ3v) is 3.76. The maximum Gasteiger partial charge on any atom is 0.270 e. The Bertz CT molecular complexity index is 630. The molecule has 118 valence electrons. The lowest BCUT2D eigenvalue weighted by Gasteiger charge is -2.28. The van der Waals surface area contributed by atoms with Crippen molar-refractivity contribution >= 4 is 5.91 Å². The highest BCUT2D eigenvalue weighted by Gasteiger charge is 2.23. The van der Waals surface area contributed by atoms with Gasteiger partial charge in [0.05, 0.1) is 6.10 Å². The predicted octanol–water partition coefficient (Wildman–Crippen LogP) is 2.92. The van der Waals surface area contributed by atoms with Gasteiger partial charge in [0.15, 0.2) is 0 Å². The molecule has 0 radical (unpaired) electrons. The molecule has 0 bridgehead atoms. The molecule has 1 N–H and O–H groups in total. The summed E-state index contributed by atoms with van der Waals surface area (Å²) in [5.74, 6) is -0.0550. The first-order valence-electron chi connectivity index (χ1n) is 7.62. The maximum atomic E-state index is 12.8. The molecule has 0 aliphatic rings. The molecule has 0 saturated heterocycles. The fraction of sp³-hybridized carbons (Fsp3) is 0.389. The fourth-order valence-electron chi connectivity index (χ4n) is 2.58. The van der Waals surface area contributed by atoms with Gasteiger partial charge in [-0.15, -0.1) is 0 Å². The molecule has 4 heteroatoms. The summed E-state index contributed by atoms with van der Waals surface area (Å²) in [6.45, 7) is 5.95. The van der Waals surface area contributed by atoms with Gasteiger partial charge in [0.2, 0.25) is 0 Å². The van der Waals surface area contributed by atoms with Gasteiger partial charge < -0.3 is 14.6 Å². The van der Waals surface area contributed by atoms with Gasteiger partial charge in [-0.25, -0.2) is 0 Å². The quantitative estimate of drug-likeness (QED) is 0.923. The lowest BCUT2D eigenvalue weighted by Crippen LogP contribution is -2.42. The van der Waals surface area contributed by atoms with Crippen molar-refractivity contribution in [2.75, 3.05) is 6.54 Å². The average Bonchev–Trinajstić information content (AvgIpc) is 2.86. The fourth-order valence-corrected chi connectivity index (χ4v) is 2.58. The molecule has 0 aliphatic carbocycles. The van der Waals surface area contributed by atoms with E-state index >= 15 is 0 Å². The average molecular weight is 300 g/mol. The highest BCUT2D eigenvalue weighted by molar-refractivity contribution is 5.94. The van der Waals surface area contributed by atoms with Crippen LogP contribution in [-0.2, 0) is 7.05 Å². The third-order valence-electron chi connectivity index (χ3n) is 3.76. The number of carbonyl (C=O) groups excluding carboxylic acids is 1. The van der Waals surface area contributed by atoms with Crippen molar-refractivity contribution in [2.24, 2.45) is 7.05 Å². The predicted molar refractivity (Wildman–Crippen MR) is 88.7 cm³/mol. The zero-order valence-electron chi connectivity index (χ0n) is 13.7. The molecule has 0 aliphatic heterocycles. The van der Waals surface area contributed by atoms with Gasteiger partial charge in [-0.05, 0) is 38.5 Å². The number of aliphatic hydroxyl groups excluding tert-OH is 1. The Morgan fingerprint density at radius 2 is 1.77 bits per heavy atom. The van der Waals surface area contributed by atoms with Crippen LogP contribution in [-0.4, -0.2) is 39.2 Å². The smallest absolute Gasteiger partial charge is 0.270 e. The lowest BCUT2D eigenvalue weighted by molar-refractivity contribution is 0.0570. The number of hydrogen-bond donors (Lipinski definition) is 1. The van der Waals surface area contributed by atoms with E-state index in [1.165, 1.54) is 0 Å². The number of hydrogen-bond acceptors (Lipinski definition) is 2. The Hall–Kier alpha value is -2.07. The number of benzene rings is 1. The normalized spacial score (nSPS) is 12.5. The minimum Gasteiger partial charge on any atom is -0.392 e. The van der Waals surface area contributed by atoms with E-state index in [2.05, 4.69) is 0 Å². The Morgan fingerprint density at radius 3 is 2.32 bits per heavy atom. The Kier molecular flexibility index (Phi) is 5.03. The molecule has 1 atom stereocenters. The summed E-state index contributed by atoms with van der Waals surface area (Å²) in [6, 6.07) is 13.8. The van der Waals surface area contributed by atoms with Gasteiger partial charge in [0.1, 0.15) is 5.69 Å². The number of nitrogens with zero attached hydrogens (tertiary/aromatic N) is 2. The first-order chi connectivity index (χ1) is 10.4. The monoisotopic (exact) mass is 300 g/mol. The van der Waals surface area contributed by atoms with E-state index in [-0.39, 0.29) is 11.9 Å². The van der Waals surface area contributed by atoms with Crippen molar-refractivity contribution in [3.8, 4) is 11.3 Å². The standard InChI is InChI=1S/C18H24N2O2/c1-13(2)20(12-14(3)21)18(22)17-11-10-16(19(17)4)15-8-6-5-7-9-15/h5-11,13-14,21H,12H2,1-4H3. The van der Waals surface area contributed by atoms with Crippen LogP contribution in [0.2, 0.25) is 0 Å². The minimum absolute atomic E-state index is 0.0391. The van der Waals surface area contributed by atoms with E-state index in [9.17, 15) is 9.90 Å². The van der Waals surface area contributed by atoms with Crippen molar-refractivity contribution in [1.82, 2.24) is 9.47 Å². The Morgan fingerprint density at radius 1 is 1.14 bits per heavy atom. The van der Waals surface area contributed by atoms with Crippen molar-refractivity contribution in [3.05, 3.63) is 48.2 Å². The highest BCUT2D eigenvalue weighted by atomic mass is 16.3. The molecule has 22 heavy (non-hydrogen) atoms. The number of carbonyl (C=O) groups is 1. The largest absolute Gasteiger partial charge is 0.392 e. The van der Waals surface area contributed by atoms with E-state index in [4.69, 9.17) is 0 Å². The maximum absolute atomic E-state index is 12.8. The van der Waals surface area contributed by atoms with Gasteiger partial charge in [0.25, 0.3) is 5.91 Å². The second-order valence-corrected chi connectivity index (χ2v) is 5.93. The van der Waals surface area contributed by atoms with Crippen LogP contribution in [0.5, 0.6) is 0 Å². The first-order valence-corrected chi connectivity index (χ1v) is 7.62. The molecular formula is C18H24N2O2. The van der Waals surface area contributed by atoms with Crippen LogP contribution in [0.15, 0.2) is 42.5 Å². The van der Waals surface area contributed by atoms with E-state index in [1.54, 1.807) is 11.8 Å². The van der Waals surface area contributed by atoms with Crippen LogP contribution < -0.4 is 0 Å². The molecule has 1 aromatic heterocycles. The SMILES string of the molecule is CC(O)CN(C(=O)c1ccc(-c2ccccc2)n1C)C(C)C. The zero-order chi connectivity index (χ0) is 16.3. The van der Waals surface area contributed by atoms with Crippen molar-refractivity contribution < 1.29 is 9.90 Å². The molecule has 2 rings (SSSR count). The van der Waals surface area contributed by atoms with Crippen LogP contribution in [0.4, 0.5) is 0 Å². The number of aliphatic hydroxyl groups is 1. The molecular weight excluding hydrogens is 276 g/mol. The third kappa shape index (κ3) is 3.39. The molecule has 0 saturated carbocycles. The molecule has 0 spiro atoms. The van der Waals surface area contributed by atoms with Gasteiger partial charge in [-0.2, -0.15) is 0 Å². The summed E-state index contributed by atoms with van der Waals surface area (Å²) in [5.41, 5.74) is 2.72. The molecule has 1 heterocycles. The van der Waals surface area contributed by atoms with Crippen molar-refractivity contribution in [1.29, 1.82) is 0 Å². The number of aromatic nitrogens is 1. The molecule has 2 aromatic rings. The second kappa shape index (κ2) is 6.79. The minimum atomic E-state index is -0.541. The van der Waals surface area contributed by atoms with Crippen LogP contribution in [0, 0.1) is 0 Å². The second-order valence-electron chi connectivity index (χ2n) is 5.93. The Balaban J connectivity index is 2.33. The van der Waals surface area contributed by atoms with Crippen LogP contribution in [0.1, 0.15) is 31.3 Å². The van der Waals surface area contributed by atoms with Gasteiger partial charge >= 0.3 is 0 Å². The summed E-state index contributed by atoms with van der Waals surface area (Å²) >= 11 is 0. The summed E-state index contributed by atoms with van der Waals surface area (Å²) in [4.78, 5) is 14.5. The van der Waals surface area contributed by atoms with Crippen LogP contribution in [0.25, 0.3) is 11.3 Å². The summed E-state index contributed by atoms with van der Waals surface area (Å²) in [6.07, 6.45) is -0.541. The van der Waals surface area contributed by atoms with Crippen LogP contribution >= 0.6 is 0 Å². The van der Waals surface area contributed by atoms with Crippen LogP contribution in [0.3, 0.4) is 0 Å². The molecule has 1 aromatic carbocycles. The highest BCUT2D eigenvalue weighted by Crippen LogP contribution is 2.22. The van der Waals surface area contributed by atoms with Gasteiger partial charge in [-0.1, -0.05) is 30.3 Å². The Labute approximate surface area is 132 Å². The van der Waals surface area contributed by atoms with E-state index < -0.39 is 6.10 Å². The lowest BCUT2D eigenvalue weighted by atomic mass is 10.2.